The van der Waals surface area contributed by atoms with Gasteiger partial charge in [-0.3, -0.25) is 9.59 Å². The van der Waals surface area contributed by atoms with Crippen molar-refractivity contribution in [1.29, 1.82) is 0 Å². The lowest BCUT2D eigenvalue weighted by atomic mass is 9.88. The molecule has 1 atom stereocenters. The van der Waals surface area contributed by atoms with Crippen molar-refractivity contribution >= 4 is 17.9 Å². The Morgan fingerprint density at radius 3 is 2.32 bits per heavy atom. The standard InChI is InChI=1S/C12H23N3O4/c1-3-12(2,10(17)18)8-15-11(19)14-7-5-4-6-9(13)16/h3-8H2,1-2H3,(H2,13,16)(H,17,18)(H2,14,15,19). The van der Waals surface area contributed by atoms with E-state index in [-0.39, 0.29) is 12.5 Å². The number of carbonyl (C=O) groups is 3. The van der Waals surface area contributed by atoms with Crippen molar-refractivity contribution in [2.45, 2.75) is 39.5 Å². The number of carbonyl (C=O) groups excluding carboxylic acids is 2. The van der Waals surface area contributed by atoms with Gasteiger partial charge in [-0.25, -0.2) is 4.79 Å². The summed E-state index contributed by atoms with van der Waals surface area (Å²) in [6.07, 6.45) is 2.01. The van der Waals surface area contributed by atoms with Crippen LogP contribution in [0, 0.1) is 5.41 Å². The van der Waals surface area contributed by atoms with Crippen LogP contribution in [0.15, 0.2) is 0 Å². The highest BCUT2D eigenvalue weighted by atomic mass is 16.4. The Labute approximate surface area is 112 Å². The summed E-state index contributed by atoms with van der Waals surface area (Å²) in [4.78, 5) is 32.9. The van der Waals surface area contributed by atoms with Gasteiger partial charge < -0.3 is 21.5 Å². The first-order valence-electron chi connectivity index (χ1n) is 6.35. The lowest BCUT2D eigenvalue weighted by molar-refractivity contribution is -0.147. The molecule has 0 aromatic heterocycles. The number of aliphatic carboxylic acids is 1. The highest BCUT2D eigenvalue weighted by Crippen LogP contribution is 2.19. The van der Waals surface area contributed by atoms with Gasteiger partial charge in [0.05, 0.1) is 5.41 Å². The second-order valence-corrected chi connectivity index (χ2v) is 4.75. The van der Waals surface area contributed by atoms with Crippen molar-refractivity contribution in [2.75, 3.05) is 13.1 Å². The fourth-order valence-corrected chi connectivity index (χ4v) is 1.32. The third kappa shape index (κ3) is 7.28. The van der Waals surface area contributed by atoms with E-state index >= 15 is 0 Å². The molecule has 3 amide bonds. The number of carboxylic acid groups (broad SMARTS) is 1. The van der Waals surface area contributed by atoms with Gasteiger partial charge in [-0.15, -0.1) is 0 Å². The van der Waals surface area contributed by atoms with E-state index < -0.39 is 17.4 Å². The van der Waals surface area contributed by atoms with Gasteiger partial charge in [0.1, 0.15) is 0 Å². The van der Waals surface area contributed by atoms with E-state index in [9.17, 15) is 14.4 Å². The molecule has 0 saturated heterocycles. The summed E-state index contributed by atoms with van der Waals surface area (Å²) in [5, 5.41) is 14.2. The summed E-state index contributed by atoms with van der Waals surface area (Å²) in [6.45, 7) is 3.85. The molecule has 0 rings (SSSR count). The van der Waals surface area contributed by atoms with Crippen molar-refractivity contribution in [3.63, 3.8) is 0 Å². The average Bonchev–Trinajstić information content (AvgIpc) is 2.34. The van der Waals surface area contributed by atoms with Crippen LogP contribution in [0.1, 0.15) is 39.5 Å². The molecule has 1 unspecified atom stereocenters. The predicted octanol–water partition coefficient (Wildman–Crippen LogP) is 0.442. The quantitative estimate of drug-likeness (QED) is 0.455. The van der Waals surface area contributed by atoms with Crippen molar-refractivity contribution in [2.24, 2.45) is 11.1 Å². The lowest BCUT2D eigenvalue weighted by Gasteiger charge is -2.23. The number of carboxylic acids is 1. The highest BCUT2D eigenvalue weighted by molar-refractivity contribution is 5.77. The van der Waals surface area contributed by atoms with E-state index in [1.165, 1.54) is 0 Å². The summed E-state index contributed by atoms with van der Waals surface area (Å²) in [7, 11) is 0. The van der Waals surface area contributed by atoms with E-state index in [2.05, 4.69) is 10.6 Å². The number of rotatable bonds is 9. The monoisotopic (exact) mass is 273 g/mol. The number of nitrogens with two attached hydrogens (primary N) is 1. The van der Waals surface area contributed by atoms with Crippen molar-refractivity contribution < 1.29 is 19.5 Å². The smallest absolute Gasteiger partial charge is 0.314 e. The molecule has 0 saturated carbocycles. The molecule has 0 radical (unpaired) electrons. The Hall–Kier alpha value is -1.79. The summed E-state index contributed by atoms with van der Waals surface area (Å²) in [5.74, 6) is -1.29. The molecule has 0 fully saturated rings. The zero-order chi connectivity index (χ0) is 14.9. The Kier molecular flexibility index (Phi) is 7.55. The first-order chi connectivity index (χ1) is 8.81. The molecule has 0 heterocycles. The van der Waals surface area contributed by atoms with Crippen LogP contribution in [0.5, 0.6) is 0 Å². The van der Waals surface area contributed by atoms with Gasteiger partial charge in [0.2, 0.25) is 5.91 Å². The number of primary amides is 1. The Bertz CT molecular complexity index is 333. The van der Waals surface area contributed by atoms with Crippen molar-refractivity contribution in [3.8, 4) is 0 Å². The zero-order valence-corrected chi connectivity index (χ0v) is 11.5. The molecular weight excluding hydrogens is 250 g/mol. The van der Waals surface area contributed by atoms with Gasteiger partial charge in [0.25, 0.3) is 0 Å². The fraction of sp³-hybridized carbons (Fsp3) is 0.750. The molecule has 7 heteroatoms. The summed E-state index contributed by atoms with van der Waals surface area (Å²) in [6, 6.07) is -0.403. The van der Waals surface area contributed by atoms with Crippen molar-refractivity contribution in [3.05, 3.63) is 0 Å². The number of urea groups is 1. The third-order valence-corrected chi connectivity index (χ3v) is 3.07. The average molecular weight is 273 g/mol. The van der Waals surface area contributed by atoms with Gasteiger partial charge in [0, 0.05) is 19.5 Å². The van der Waals surface area contributed by atoms with Crippen LogP contribution in [0.4, 0.5) is 4.79 Å². The third-order valence-electron chi connectivity index (χ3n) is 3.07. The molecular formula is C12H23N3O4. The molecule has 0 aromatic rings. The van der Waals surface area contributed by atoms with E-state index in [1.807, 2.05) is 0 Å². The molecule has 0 aliphatic rings. The number of unbranched alkanes of at least 4 members (excludes halogenated alkanes) is 1. The van der Waals surface area contributed by atoms with Crippen LogP contribution in [-0.4, -0.2) is 36.1 Å². The second-order valence-electron chi connectivity index (χ2n) is 4.75. The van der Waals surface area contributed by atoms with Gasteiger partial charge >= 0.3 is 12.0 Å². The predicted molar refractivity (Wildman–Crippen MR) is 70.5 cm³/mol. The van der Waals surface area contributed by atoms with E-state index in [0.717, 1.165) is 0 Å². The van der Waals surface area contributed by atoms with Crippen LogP contribution >= 0.6 is 0 Å². The maximum atomic E-state index is 11.4. The van der Waals surface area contributed by atoms with E-state index in [4.69, 9.17) is 10.8 Å². The lowest BCUT2D eigenvalue weighted by Crippen LogP contribution is -2.44. The maximum Gasteiger partial charge on any atom is 0.314 e. The fourth-order valence-electron chi connectivity index (χ4n) is 1.32. The molecule has 0 aliphatic heterocycles. The van der Waals surface area contributed by atoms with E-state index in [1.54, 1.807) is 13.8 Å². The molecule has 0 spiro atoms. The highest BCUT2D eigenvalue weighted by Gasteiger charge is 2.31. The first kappa shape index (κ1) is 17.2. The maximum absolute atomic E-state index is 11.4. The van der Waals surface area contributed by atoms with Gasteiger partial charge in [-0.1, -0.05) is 6.92 Å². The van der Waals surface area contributed by atoms with Crippen LogP contribution in [0.2, 0.25) is 0 Å². The molecule has 110 valence electrons. The summed E-state index contributed by atoms with van der Waals surface area (Å²) >= 11 is 0. The molecule has 0 aromatic carbocycles. The minimum absolute atomic E-state index is 0.0753. The largest absolute Gasteiger partial charge is 0.481 e. The molecule has 5 N–H and O–H groups in total. The summed E-state index contributed by atoms with van der Waals surface area (Å²) < 4.78 is 0. The molecule has 19 heavy (non-hydrogen) atoms. The van der Waals surface area contributed by atoms with E-state index in [0.29, 0.717) is 32.2 Å². The van der Waals surface area contributed by atoms with Crippen molar-refractivity contribution in [1.82, 2.24) is 10.6 Å². The topological polar surface area (TPSA) is 122 Å². The number of nitrogens with one attached hydrogen (secondary N) is 2. The van der Waals surface area contributed by atoms with Crippen LogP contribution < -0.4 is 16.4 Å². The minimum atomic E-state index is -0.955. The first-order valence-corrected chi connectivity index (χ1v) is 6.35. The van der Waals surface area contributed by atoms with Crippen LogP contribution in [-0.2, 0) is 9.59 Å². The second kappa shape index (κ2) is 8.34. The van der Waals surface area contributed by atoms with Gasteiger partial charge in [-0.05, 0) is 26.2 Å². The summed E-state index contributed by atoms with van der Waals surface area (Å²) in [5.41, 5.74) is 4.02. The SMILES string of the molecule is CCC(C)(CNC(=O)NCCCCC(N)=O)C(=O)O. The number of amides is 3. The Morgan fingerprint density at radius 2 is 1.84 bits per heavy atom. The molecule has 0 aliphatic carbocycles. The molecule has 7 nitrogen and oxygen atoms in total. The minimum Gasteiger partial charge on any atom is -0.481 e. The van der Waals surface area contributed by atoms with Gasteiger partial charge in [0.15, 0.2) is 0 Å². The molecule has 0 bridgehead atoms. The Balaban J connectivity index is 3.81. The Morgan fingerprint density at radius 1 is 1.21 bits per heavy atom. The number of hydrogen-bond acceptors (Lipinski definition) is 3. The van der Waals surface area contributed by atoms with Gasteiger partial charge in [-0.2, -0.15) is 0 Å². The zero-order valence-electron chi connectivity index (χ0n) is 11.5. The van der Waals surface area contributed by atoms with Crippen LogP contribution in [0.25, 0.3) is 0 Å². The number of hydrogen-bond donors (Lipinski definition) is 4. The normalized spacial score (nSPS) is 13.4. The van der Waals surface area contributed by atoms with Crippen LogP contribution in [0.3, 0.4) is 0 Å².